The highest BCUT2D eigenvalue weighted by Crippen LogP contribution is 2.34. The molecule has 0 bridgehead atoms. The Morgan fingerprint density at radius 2 is 1.82 bits per heavy atom. The van der Waals surface area contributed by atoms with Crippen LogP contribution in [0.15, 0.2) is 29.6 Å². The van der Waals surface area contributed by atoms with Gasteiger partial charge in [0, 0.05) is 6.04 Å². The van der Waals surface area contributed by atoms with Crippen molar-refractivity contribution in [3.63, 3.8) is 0 Å². The van der Waals surface area contributed by atoms with Gasteiger partial charge in [-0.2, -0.15) is 0 Å². The molecule has 2 aromatic rings. The highest BCUT2D eigenvalue weighted by molar-refractivity contribution is 7.14. The summed E-state index contributed by atoms with van der Waals surface area (Å²) in [6.45, 7) is 2.04. The lowest BCUT2D eigenvalue weighted by molar-refractivity contribution is 0.891. The molecule has 1 heterocycles. The van der Waals surface area contributed by atoms with Crippen LogP contribution in [-0.4, -0.2) is 0 Å². The van der Waals surface area contributed by atoms with E-state index in [4.69, 9.17) is 34.8 Å². The van der Waals surface area contributed by atoms with Gasteiger partial charge in [0.15, 0.2) is 0 Å². The first-order valence-electron chi connectivity index (χ1n) is 5.02. The molecule has 90 valence electrons. The van der Waals surface area contributed by atoms with E-state index in [0.717, 1.165) is 15.6 Å². The van der Waals surface area contributed by atoms with Gasteiger partial charge in [-0.05, 0) is 36.1 Å². The van der Waals surface area contributed by atoms with Gasteiger partial charge in [0.2, 0.25) is 0 Å². The summed E-state index contributed by atoms with van der Waals surface area (Å²) in [6.07, 6.45) is 0. The van der Waals surface area contributed by atoms with Crippen LogP contribution in [0.4, 0.5) is 5.69 Å². The Kier molecular flexibility index (Phi) is 4.21. The zero-order valence-electron chi connectivity index (χ0n) is 9.01. The summed E-state index contributed by atoms with van der Waals surface area (Å²) in [4.78, 5) is 0. The van der Waals surface area contributed by atoms with Crippen LogP contribution in [0.25, 0.3) is 0 Å². The van der Waals surface area contributed by atoms with Gasteiger partial charge < -0.3 is 5.32 Å². The van der Waals surface area contributed by atoms with Crippen LogP contribution < -0.4 is 5.32 Å². The van der Waals surface area contributed by atoms with Crippen molar-refractivity contribution >= 4 is 51.8 Å². The molecule has 1 aromatic heterocycles. The predicted molar refractivity (Wildman–Crippen MR) is 77.8 cm³/mol. The second-order valence-electron chi connectivity index (χ2n) is 3.65. The molecule has 0 saturated carbocycles. The van der Waals surface area contributed by atoms with Crippen LogP contribution in [0.5, 0.6) is 0 Å². The van der Waals surface area contributed by atoms with Crippen molar-refractivity contribution in [2.24, 2.45) is 0 Å². The van der Waals surface area contributed by atoms with Crippen molar-refractivity contribution in [2.45, 2.75) is 13.0 Å². The third-order valence-electron chi connectivity index (χ3n) is 2.41. The van der Waals surface area contributed by atoms with Crippen molar-refractivity contribution in [3.8, 4) is 0 Å². The van der Waals surface area contributed by atoms with E-state index in [0.29, 0.717) is 10.0 Å². The molecule has 0 aliphatic rings. The molecular formula is C12H10Cl3NS. The maximum absolute atomic E-state index is 6.10. The summed E-state index contributed by atoms with van der Waals surface area (Å²) >= 11 is 19.6. The number of hydrogen-bond acceptors (Lipinski definition) is 2. The molecule has 0 fully saturated rings. The van der Waals surface area contributed by atoms with Crippen molar-refractivity contribution < 1.29 is 0 Å². The molecular weight excluding hydrogens is 297 g/mol. The molecule has 0 radical (unpaired) electrons. The Morgan fingerprint density at radius 1 is 1.18 bits per heavy atom. The van der Waals surface area contributed by atoms with Crippen LogP contribution >= 0.6 is 46.1 Å². The zero-order chi connectivity index (χ0) is 12.4. The van der Waals surface area contributed by atoms with Crippen molar-refractivity contribution in [1.29, 1.82) is 0 Å². The van der Waals surface area contributed by atoms with Crippen LogP contribution in [0.2, 0.25) is 14.4 Å². The molecule has 0 spiro atoms. The third-order valence-corrected chi connectivity index (χ3v) is 4.15. The van der Waals surface area contributed by atoms with E-state index in [1.165, 1.54) is 11.3 Å². The SMILES string of the molecule is CC(Nc1c(Cl)cccc1Cl)c1csc(Cl)c1. The quantitative estimate of drug-likeness (QED) is 0.746. The number of rotatable bonds is 3. The summed E-state index contributed by atoms with van der Waals surface area (Å²) in [7, 11) is 0. The summed E-state index contributed by atoms with van der Waals surface area (Å²) in [5.74, 6) is 0. The molecule has 1 aromatic carbocycles. The van der Waals surface area contributed by atoms with Crippen LogP contribution in [0, 0.1) is 0 Å². The fourth-order valence-corrected chi connectivity index (χ4v) is 2.98. The average molecular weight is 307 g/mol. The Labute approximate surface area is 119 Å². The first-order chi connectivity index (χ1) is 8.08. The topological polar surface area (TPSA) is 12.0 Å². The van der Waals surface area contributed by atoms with Gasteiger partial charge in [0.25, 0.3) is 0 Å². The molecule has 5 heteroatoms. The highest BCUT2D eigenvalue weighted by atomic mass is 35.5. The normalized spacial score (nSPS) is 12.5. The largest absolute Gasteiger partial charge is 0.376 e. The number of thiophene rings is 1. The summed E-state index contributed by atoms with van der Waals surface area (Å²) in [6, 6.07) is 7.49. The van der Waals surface area contributed by atoms with E-state index in [9.17, 15) is 0 Å². The summed E-state index contributed by atoms with van der Waals surface area (Å²) in [5.41, 5.74) is 1.88. The number of hydrogen-bond donors (Lipinski definition) is 1. The first kappa shape index (κ1) is 13.0. The summed E-state index contributed by atoms with van der Waals surface area (Å²) < 4.78 is 0.777. The molecule has 0 aliphatic heterocycles. The minimum atomic E-state index is 0.108. The lowest BCUT2D eigenvalue weighted by atomic mass is 10.1. The van der Waals surface area contributed by atoms with Crippen molar-refractivity contribution in [3.05, 3.63) is 49.6 Å². The Morgan fingerprint density at radius 3 is 2.35 bits per heavy atom. The molecule has 1 unspecified atom stereocenters. The van der Waals surface area contributed by atoms with Crippen molar-refractivity contribution in [2.75, 3.05) is 5.32 Å². The van der Waals surface area contributed by atoms with Gasteiger partial charge in [-0.3, -0.25) is 0 Å². The zero-order valence-corrected chi connectivity index (χ0v) is 12.1. The molecule has 1 atom stereocenters. The molecule has 0 aliphatic carbocycles. The predicted octanol–water partition coefficient (Wildman–Crippen LogP) is 5.88. The maximum Gasteiger partial charge on any atom is 0.0931 e. The number of anilines is 1. The minimum absolute atomic E-state index is 0.108. The second kappa shape index (κ2) is 5.49. The lowest BCUT2D eigenvalue weighted by Crippen LogP contribution is -2.06. The van der Waals surface area contributed by atoms with E-state index >= 15 is 0 Å². The Bertz CT molecular complexity index is 504. The molecule has 0 saturated heterocycles. The average Bonchev–Trinajstić information content (AvgIpc) is 2.70. The second-order valence-corrected chi connectivity index (χ2v) is 6.00. The third kappa shape index (κ3) is 3.08. The van der Waals surface area contributed by atoms with Gasteiger partial charge in [-0.15, -0.1) is 11.3 Å². The van der Waals surface area contributed by atoms with Gasteiger partial charge in [0.1, 0.15) is 0 Å². The van der Waals surface area contributed by atoms with E-state index in [-0.39, 0.29) is 6.04 Å². The van der Waals surface area contributed by atoms with Crippen LogP contribution in [0.1, 0.15) is 18.5 Å². The van der Waals surface area contributed by atoms with E-state index in [2.05, 4.69) is 5.32 Å². The van der Waals surface area contributed by atoms with Gasteiger partial charge >= 0.3 is 0 Å². The molecule has 2 rings (SSSR count). The smallest absolute Gasteiger partial charge is 0.0931 e. The lowest BCUT2D eigenvalue weighted by Gasteiger charge is -2.16. The molecule has 0 amide bonds. The van der Waals surface area contributed by atoms with E-state index < -0.39 is 0 Å². The van der Waals surface area contributed by atoms with E-state index in [1.54, 1.807) is 0 Å². The monoisotopic (exact) mass is 305 g/mol. The molecule has 17 heavy (non-hydrogen) atoms. The summed E-state index contributed by atoms with van der Waals surface area (Å²) in [5, 5.41) is 6.54. The fraction of sp³-hybridized carbons (Fsp3) is 0.167. The number of benzene rings is 1. The Hall–Kier alpha value is -0.410. The minimum Gasteiger partial charge on any atom is -0.376 e. The van der Waals surface area contributed by atoms with E-state index in [1.807, 2.05) is 36.6 Å². The van der Waals surface area contributed by atoms with Gasteiger partial charge in [-0.25, -0.2) is 0 Å². The number of nitrogens with one attached hydrogen (secondary N) is 1. The molecule has 1 nitrogen and oxygen atoms in total. The number of para-hydroxylation sites is 1. The Balaban J connectivity index is 2.21. The number of halogens is 3. The van der Waals surface area contributed by atoms with Crippen LogP contribution in [0.3, 0.4) is 0 Å². The first-order valence-corrected chi connectivity index (χ1v) is 7.04. The van der Waals surface area contributed by atoms with Crippen molar-refractivity contribution in [1.82, 2.24) is 0 Å². The van der Waals surface area contributed by atoms with Crippen LogP contribution in [-0.2, 0) is 0 Å². The van der Waals surface area contributed by atoms with Gasteiger partial charge in [0.05, 0.1) is 20.1 Å². The molecule has 1 N–H and O–H groups in total. The van der Waals surface area contributed by atoms with Gasteiger partial charge in [-0.1, -0.05) is 40.9 Å². The maximum atomic E-state index is 6.10. The fourth-order valence-electron chi connectivity index (χ4n) is 1.49. The standard InChI is InChI=1S/C12H10Cl3NS/c1-7(8-5-11(15)17-6-8)16-12-9(13)3-2-4-10(12)14/h2-7,16H,1H3. The highest BCUT2D eigenvalue weighted by Gasteiger charge is 2.11.